The number of rotatable bonds is 14. The fourth-order valence-electron chi connectivity index (χ4n) is 2.10. The molecule has 0 aliphatic rings. The van der Waals surface area contributed by atoms with E-state index in [9.17, 15) is 5.11 Å². The quantitative estimate of drug-likeness (QED) is 0.270. The zero-order valence-corrected chi connectivity index (χ0v) is 20.7. The summed E-state index contributed by atoms with van der Waals surface area (Å²) in [7, 11) is -5.25. The molecule has 0 saturated carbocycles. The Bertz CT molecular complexity index is 363. The fourth-order valence-corrected chi connectivity index (χ4v) is 8.98. The lowest BCUT2D eigenvalue weighted by molar-refractivity contribution is -0.0146. The largest absolute Gasteiger partial charge is 0.412 e. The van der Waals surface area contributed by atoms with E-state index in [0.29, 0.717) is 13.2 Å². The smallest absolute Gasteiger partial charge is 0.235 e. The van der Waals surface area contributed by atoms with E-state index in [1.165, 1.54) is 0 Å². The van der Waals surface area contributed by atoms with Crippen molar-refractivity contribution in [3.63, 3.8) is 0 Å². The topological polar surface area (TPSA) is 57.2 Å². The lowest BCUT2D eigenvalue weighted by Gasteiger charge is -2.36. The lowest BCUT2D eigenvalue weighted by Crippen LogP contribution is -2.50. The maximum atomic E-state index is 9.53. The number of hydrogen-bond donors (Lipinski definition) is 1. The molecule has 0 aromatic carbocycles. The Morgan fingerprint density at radius 3 is 1.96 bits per heavy atom. The Hall–Kier alpha value is 0.191. The van der Waals surface area contributed by atoms with E-state index in [-0.39, 0.29) is 18.6 Å². The third kappa shape index (κ3) is 14.0. The maximum absolute atomic E-state index is 9.53. The normalized spacial score (nSPS) is 15.4. The minimum absolute atomic E-state index is 0.0606. The molecule has 0 fully saturated rings. The predicted molar refractivity (Wildman–Crippen MR) is 112 cm³/mol. The van der Waals surface area contributed by atoms with Crippen molar-refractivity contribution in [3.05, 3.63) is 12.2 Å². The van der Waals surface area contributed by atoms with Crippen molar-refractivity contribution in [1.82, 2.24) is 0 Å². The van der Waals surface area contributed by atoms with Gasteiger partial charge >= 0.3 is 0 Å². The first-order chi connectivity index (χ1) is 11.4. The van der Waals surface area contributed by atoms with E-state index >= 15 is 0 Å². The zero-order chi connectivity index (χ0) is 19.7. The average molecular weight is 409 g/mol. The molecule has 0 heterocycles. The Labute approximate surface area is 158 Å². The van der Waals surface area contributed by atoms with Crippen LogP contribution in [0.3, 0.4) is 0 Å². The molecule has 0 aromatic rings. The van der Waals surface area contributed by atoms with Crippen LogP contribution in [0.15, 0.2) is 12.2 Å². The van der Waals surface area contributed by atoms with Crippen molar-refractivity contribution < 1.29 is 23.1 Å². The van der Waals surface area contributed by atoms with Gasteiger partial charge in [-0.15, -0.1) is 0 Å². The van der Waals surface area contributed by atoms with Crippen molar-refractivity contribution in [2.75, 3.05) is 19.8 Å². The first kappa shape index (κ1) is 25.2. The molecule has 5 nitrogen and oxygen atoms in total. The molecule has 8 heteroatoms. The SMILES string of the molecule is C=C(C)COC(CO)CO[SiH](CCC)C(O[Si](C)(C)C)O[Si](C)(C)C. The van der Waals surface area contributed by atoms with Gasteiger partial charge in [-0.05, 0) is 52.2 Å². The summed E-state index contributed by atoms with van der Waals surface area (Å²) in [4.78, 5) is 0. The van der Waals surface area contributed by atoms with Crippen molar-refractivity contribution in [2.45, 2.75) is 77.6 Å². The summed E-state index contributed by atoms with van der Waals surface area (Å²) in [6.07, 6.45) is 0.705. The monoisotopic (exact) mass is 408 g/mol. The van der Waals surface area contributed by atoms with Gasteiger partial charge in [0, 0.05) is 0 Å². The first-order valence-electron chi connectivity index (χ1n) is 9.22. The van der Waals surface area contributed by atoms with Crippen LogP contribution >= 0.6 is 0 Å². The van der Waals surface area contributed by atoms with Crippen LogP contribution in [0.5, 0.6) is 0 Å². The second-order valence-corrected chi connectivity index (χ2v) is 20.0. The van der Waals surface area contributed by atoms with Gasteiger partial charge in [0.1, 0.15) is 12.0 Å². The van der Waals surface area contributed by atoms with E-state index in [1.54, 1.807) is 0 Å². The molecule has 0 spiro atoms. The van der Waals surface area contributed by atoms with E-state index in [0.717, 1.165) is 18.0 Å². The third-order valence-electron chi connectivity index (χ3n) is 3.08. The zero-order valence-electron chi connectivity index (χ0n) is 17.6. The molecular weight excluding hydrogens is 368 g/mol. The van der Waals surface area contributed by atoms with Crippen LogP contribution in [0.1, 0.15) is 20.3 Å². The van der Waals surface area contributed by atoms with Crippen LogP contribution in [0.4, 0.5) is 0 Å². The van der Waals surface area contributed by atoms with Crippen LogP contribution in [0.2, 0.25) is 45.3 Å². The summed E-state index contributed by atoms with van der Waals surface area (Å²) in [6.45, 7) is 21.7. The minimum atomic E-state index is -1.76. The number of aliphatic hydroxyl groups is 1. The molecule has 1 N–H and O–H groups in total. The molecule has 150 valence electrons. The van der Waals surface area contributed by atoms with Gasteiger partial charge in [0.25, 0.3) is 0 Å². The summed E-state index contributed by atoms with van der Waals surface area (Å²) in [6, 6.07) is 0.984. The lowest BCUT2D eigenvalue weighted by atomic mass is 10.3. The summed E-state index contributed by atoms with van der Waals surface area (Å²) in [5, 5.41) is 9.53. The van der Waals surface area contributed by atoms with Crippen LogP contribution < -0.4 is 0 Å². The molecule has 25 heavy (non-hydrogen) atoms. The van der Waals surface area contributed by atoms with Crippen molar-refractivity contribution in [3.8, 4) is 0 Å². The van der Waals surface area contributed by atoms with Gasteiger partial charge in [0.15, 0.2) is 16.6 Å². The van der Waals surface area contributed by atoms with E-state index < -0.39 is 25.7 Å². The van der Waals surface area contributed by atoms with Gasteiger partial charge < -0.3 is 23.1 Å². The van der Waals surface area contributed by atoms with Gasteiger partial charge in [-0.3, -0.25) is 0 Å². The number of hydrogen-bond acceptors (Lipinski definition) is 5. The molecule has 0 aliphatic carbocycles. The van der Waals surface area contributed by atoms with Gasteiger partial charge in [-0.25, -0.2) is 0 Å². The summed E-state index contributed by atoms with van der Waals surface area (Å²) in [5.41, 5.74) is 0.933. The molecule has 0 aromatic heterocycles. The van der Waals surface area contributed by atoms with Crippen molar-refractivity contribution in [2.24, 2.45) is 0 Å². The van der Waals surface area contributed by atoms with E-state index in [1.807, 2.05) is 6.92 Å². The van der Waals surface area contributed by atoms with Gasteiger partial charge in [-0.2, -0.15) is 0 Å². The molecule has 2 atom stereocenters. The van der Waals surface area contributed by atoms with E-state index in [2.05, 4.69) is 52.8 Å². The Morgan fingerprint density at radius 1 is 1.08 bits per heavy atom. The Morgan fingerprint density at radius 2 is 1.60 bits per heavy atom. The second-order valence-electron chi connectivity index (χ2n) is 8.56. The summed E-state index contributed by atoms with van der Waals surface area (Å²) >= 11 is 0. The van der Waals surface area contributed by atoms with Crippen LogP contribution in [0, 0.1) is 0 Å². The van der Waals surface area contributed by atoms with E-state index in [4.69, 9.17) is 18.0 Å². The van der Waals surface area contributed by atoms with Crippen LogP contribution in [-0.2, 0) is 18.0 Å². The number of aliphatic hydroxyl groups excluding tert-OH is 1. The van der Waals surface area contributed by atoms with Crippen LogP contribution in [-0.4, -0.2) is 62.6 Å². The summed E-state index contributed by atoms with van der Waals surface area (Å²) in [5.74, 6) is -0.223. The molecular formula is C17H40O5Si3. The average Bonchev–Trinajstić information content (AvgIpc) is 2.42. The molecule has 0 bridgehead atoms. The first-order valence-corrected chi connectivity index (χ1v) is 18.0. The highest BCUT2D eigenvalue weighted by Gasteiger charge is 2.34. The molecule has 0 rings (SSSR count). The van der Waals surface area contributed by atoms with Gasteiger partial charge in [-0.1, -0.05) is 25.5 Å². The Kier molecular flexibility index (Phi) is 11.9. The molecule has 0 radical (unpaired) electrons. The van der Waals surface area contributed by atoms with Gasteiger partial charge in [0.05, 0.1) is 19.8 Å². The standard InChI is InChI=1S/C17H40O5Si3/c1-10-11-23(20-14-16(12-18)19-13-15(2)3)17(21-24(4,5)6)22-25(7,8)9/h16-18,23H,2,10-14H2,1,3-9H3. The number of ether oxygens (including phenoxy) is 1. The molecule has 0 aliphatic heterocycles. The Balaban J connectivity index is 4.98. The van der Waals surface area contributed by atoms with Crippen LogP contribution in [0.25, 0.3) is 0 Å². The summed E-state index contributed by atoms with van der Waals surface area (Å²) < 4.78 is 24.6. The highest BCUT2D eigenvalue weighted by molar-refractivity contribution is 6.72. The second kappa shape index (κ2) is 11.8. The van der Waals surface area contributed by atoms with Crippen molar-refractivity contribution >= 4 is 25.7 Å². The maximum Gasteiger partial charge on any atom is 0.235 e. The predicted octanol–water partition coefficient (Wildman–Crippen LogP) is 3.66. The minimum Gasteiger partial charge on any atom is -0.412 e. The molecule has 0 amide bonds. The van der Waals surface area contributed by atoms with Gasteiger partial charge in [0.2, 0.25) is 9.04 Å². The van der Waals surface area contributed by atoms with Crippen molar-refractivity contribution in [1.29, 1.82) is 0 Å². The third-order valence-corrected chi connectivity index (χ3v) is 8.15. The molecule has 0 saturated heterocycles. The highest BCUT2D eigenvalue weighted by atomic mass is 28.4. The highest BCUT2D eigenvalue weighted by Crippen LogP contribution is 2.20. The fraction of sp³-hybridized carbons (Fsp3) is 0.882. The molecule has 2 unspecified atom stereocenters.